The van der Waals surface area contributed by atoms with Crippen LogP contribution in [-0.4, -0.2) is 21.9 Å². The number of carbonyl (C=O) groups is 1. The Morgan fingerprint density at radius 2 is 2.41 bits per heavy atom. The molecule has 0 saturated heterocycles. The highest BCUT2D eigenvalue weighted by molar-refractivity contribution is 5.93. The second-order valence-electron chi connectivity index (χ2n) is 4.30. The third-order valence-electron chi connectivity index (χ3n) is 2.83. The third-order valence-corrected chi connectivity index (χ3v) is 2.83. The zero-order valence-corrected chi connectivity index (χ0v) is 9.30. The van der Waals surface area contributed by atoms with E-state index in [0.717, 1.165) is 5.65 Å². The molecular weight excluding hydrogens is 218 g/mol. The van der Waals surface area contributed by atoms with Crippen molar-refractivity contribution in [3.05, 3.63) is 36.3 Å². The van der Waals surface area contributed by atoms with Crippen molar-refractivity contribution in [3.8, 4) is 0 Å². The Morgan fingerprint density at radius 3 is 3.24 bits per heavy atom. The molecular formula is C12H13N3O2. The molecule has 0 aliphatic heterocycles. The fourth-order valence-electron chi connectivity index (χ4n) is 1.62. The molecule has 0 unspecified atom stereocenters. The van der Waals surface area contributed by atoms with Gasteiger partial charge in [0.15, 0.2) is 0 Å². The topological polar surface area (TPSA) is 55.6 Å². The summed E-state index contributed by atoms with van der Waals surface area (Å²) in [5.74, 6) is 0.410. The van der Waals surface area contributed by atoms with Crippen LogP contribution in [0.5, 0.6) is 0 Å². The van der Waals surface area contributed by atoms with Gasteiger partial charge >= 0.3 is 0 Å². The summed E-state index contributed by atoms with van der Waals surface area (Å²) in [6.45, 7) is 0.610. The van der Waals surface area contributed by atoms with Crippen molar-refractivity contribution in [2.45, 2.75) is 12.8 Å². The number of aromatic nitrogens is 2. The van der Waals surface area contributed by atoms with Crippen LogP contribution in [0.1, 0.15) is 23.2 Å². The predicted molar refractivity (Wildman–Crippen MR) is 61.3 cm³/mol. The number of nitrogens with zero attached hydrogens (tertiary/aromatic N) is 2. The first-order chi connectivity index (χ1) is 8.33. The van der Waals surface area contributed by atoms with Gasteiger partial charge in [0.05, 0.1) is 12.2 Å². The molecule has 0 radical (unpaired) electrons. The number of imidazole rings is 1. The molecule has 5 nitrogen and oxygen atoms in total. The number of rotatable bonds is 4. The molecule has 1 N–H and O–H groups in total. The molecule has 0 spiro atoms. The average molecular weight is 231 g/mol. The minimum absolute atomic E-state index is 0.221. The molecule has 2 aromatic rings. The second kappa shape index (κ2) is 4.18. The average Bonchev–Trinajstić information content (AvgIpc) is 3.04. The van der Waals surface area contributed by atoms with Crippen molar-refractivity contribution in [2.24, 2.45) is 5.92 Å². The molecule has 17 heavy (non-hydrogen) atoms. The Bertz CT molecular complexity index is 545. The van der Waals surface area contributed by atoms with Crippen LogP contribution in [0.3, 0.4) is 0 Å². The molecule has 88 valence electrons. The van der Waals surface area contributed by atoms with Gasteiger partial charge in [-0.2, -0.15) is 0 Å². The zero-order chi connectivity index (χ0) is 11.7. The molecule has 5 heteroatoms. The molecule has 2 heterocycles. The summed E-state index contributed by atoms with van der Waals surface area (Å²) in [5, 5.41) is 0. The molecule has 1 saturated carbocycles. The van der Waals surface area contributed by atoms with Gasteiger partial charge in [0.2, 0.25) is 0 Å². The van der Waals surface area contributed by atoms with Crippen molar-refractivity contribution in [1.82, 2.24) is 14.9 Å². The predicted octanol–water partition coefficient (Wildman–Crippen LogP) is 1.41. The molecule has 0 bridgehead atoms. The maximum absolute atomic E-state index is 11.7. The Morgan fingerprint density at radius 1 is 1.53 bits per heavy atom. The maximum Gasteiger partial charge on any atom is 0.276 e. The Labute approximate surface area is 98.4 Å². The minimum atomic E-state index is -0.221. The van der Waals surface area contributed by atoms with Crippen molar-refractivity contribution < 1.29 is 9.63 Å². The highest BCUT2D eigenvalue weighted by Gasteiger charge is 2.21. The monoisotopic (exact) mass is 231 g/mol. The van der Waals surface area contributed by atoms with E-state index in [1.165, 1.54) is 12.8 Å². The van der Waals surface area contributed by atoms with Crippen molar-refractivity contribution in [1.29, 1.82) is 0 Å². The van der Waals surface area contributed by atoms with Crippen LogP contribution in [0.4, 0.5) is 0 Å². The van der Waals surface area contributed by atoms with Gasteiger partial charge < -0.3 is 4.40 Å². The van der Waals surface area contributed by atoms with E-state index < -0.39 is 0 Å². The Kier molecular flexibility index (Phi) is 2.53. The molecule has 1 fully saturated rings. The van der Waals surface area contributed by atoms with Gasteiger partial charge in [-0.3, -0.25) is 9.63 Å². The fourth-order valence-corrected chi connectivity index (χ4v) is 1.62. The highest BCUT2D eigenvalue weighted by Crippen LogP contribution is 2.28. The normalized spacial score (nSPS) is 15.1. The molecule has 0 aromatic carbocycles. The lowest BCUT2D eigenvalue weighted by molar-refractivity contribution is 0.0270. The largest absolute Gasteiger partial charge is 0.306 e. The third kappa shape index (κ3) is 2.29. The van der Waals surface area contributed by atoms with Gasteiger partial charge in [-0.15, -0.1) is 0 Å². The molecule has 1 aliphatic carbocycles. The lowest BCUT2D eigenvalue weighted by Gasteiger charge is -2.05. The van der Waals surface area contributed by atoms with Crippen LogP contribution in [0.2, 0.25) is 0 Å². The van der Waals surface area contributed by atoms with Crippen LogP contribution in [-0.2, 0) is 4.84 Å². The number of pyridine rings is 1. The number of hydroxylamine groups is 1. The summed E-state index contributed by atoms with van der Waals surface area (Å²) in [5.41, 5.74) is 3.84. The van der Waals surface area contributed by atoms with E-state index in [1.54, 1.807) is 35.1 Å². The van der Waals surface area contributed by atoms with Crippen LogP contribution >= 0.6 is 0 Å². The molecule has 3 rings (SSSR count). The first kappa shape index (κ1) is 10.3. The lowest BCUT2D eigenvalue weighted by atomic mass is 10.3. The Balaban J connectivity index is 1.66. The van der Waals surface area contributed by atoms with E-state index in [1.807, 2.05) is 0 Å². The summed E-state index contributed by atoms with van der Waals surface area (Å²) in [6, 6.07) is 3.54. The van der Waals surface area contributed by atoms with Crippen molar-refractivity contribution >= 4 is 11.6 Å². The van der Waals surface area contributed by atoms with Crippen molar-refractivity contribution in [2.75, 3.05) is 6.61 Å². The number of amides is 1. The van der Waals surface area contributed by atoms with Gasteiger partial charge in [-0.1, -0.05) is 0 Å². The quantitative estimate of drug-likeness (QED) is 0.809. The first-order valence-electron chi connectivity index (χ1n) is 5.68. The summed E-state index contributed by atoms with van der Waals surface area (Å²) in [4.78, 5) is 21.0. The number of carbonyl (C=O) groups excluding carboxylic acids is 1. The SMILES string of the molecule is O=C(NOCC1CC1)c1ccc2nccn2c1. The summed E-state index contributed by atoms with van der Waals surface area (Å²) < 4.78 is 1.80. The van der Waals surface area contributed by atoms with Gasteiger partial charge in [-0.25, -0.2) is 10.5 Å². The van der Waals surface area contributed by atoms with E-state index in [4.69, 9.17) is 4.84 Å². The second-order valence-corrected chi connectivity index (χ2v) is 4.30. The summed E-state index contributed by atoms with van der Waals surface area (Å²) in [7, 11) is 0. The first-order valence-corrected chi connectivity index (χ1v) is 5.68. The molecule has 0 atom stereocenters. The zero-order valence-electron chi connectivity index (χ0n) is 9.30. The number of hydrogen-bond donors (Lipinski definition) is 1. The lowest BCUT2D eigenvalue weighted by Crippen LogP contribution is -2.24. The van der Waals surface area contributed by atoms with E-state index in [2.05, 4.69) is 10.5 Å². The van der Waals surface area contributed by atoms with E-state index in [0.29, 0.717) is 18.1 Å². The van der Waals surface area contributed by atoms with E-state index in [-0.39, 0.29) is 5.91 Å². The van der Waals surface area contributed by atoms with Gasteiger partial charge in [0, 0.05) is 18.6 Å². The maximum atomic E-state index is 11.7. The van der Waals surface area contributed by atoms with E-state index in [9.17, 15) is 4.79 Å². The van der Waals surface area contributed by atoms with E-state index >= 15 is 0 Å². The molecule has 2 aromatic heterocycles. The van der Waals surface area contributed by atoms with Crippen LogP contribution in [0.25, 0.3) is 5.65 Å². The summed E-state index contributed by atoms with van der Waals surface area (Å²) in [6.07, 6.45) is 7.64. The van der Waals surface area contributed by atoms with Gasteiger partial charge in [-0.05, 0) is 30.9 Å². The number of hydrogen-bond acceptors (Lipinski definition) is 3. The fraction of sp³-hybridized carbons (Fsp3) is 0.333. The van der Waals surface area contributed by atoms with Gasteiger partial charge in [0.25, 0.3) is 5.91 Å². The summed E-state index contributed by atoms with van der Waals surface area (Å²) >= 11 is 0. The van der Waals surface area contributed by atoms with Crippen LogP contribution in [0, 0.1) is 5.92 Å². The van der Waals surface area contributed by atoms with Gasteiger partial charge in [0.1, 0.15) is 5.65 Å². The van der Waals surface area contributed by atoms with Crippen LogP contribution < -0.4 is 5.48 Å². The highest BCUT2D eigenvalue weighted by atomic mass is 16.7. The Hall–Kier alpha value is -1.88. The number of nitrogens with one attached hydrogen (secondary N) is 1. The smallest absolute Gasteiger partial charge is 0.276 e. The molecule has 1 aliphatic rings. The number of fused-ring (bicyclic) bond motifs is 1. The standard InChI is InChI=1S/C12H13N3O2/c16-12(14-17-8-9-1-2-9)10-3-4-11-13-5-6-15(11)7-10/h3-7,9H,1-2,8H2,(H,14,16). The van der Waals surface area contributed by atoms with Crippen molar-refractivity contribution in [3.63, 3.8) is 0 Å². The van der Waals surface area contributed by atoms with Crippen LogP contribution in [0.15, 0.2) is 30.7 Å². The molecule has 1 amide bonds. The minimum Gasteiger partial charge on any atom is -0.306 e.